The van der Waals surface area contributed by atoms with Crippen LogP contribution >= 0.6 is 0 Å². The van der Waals surface area contributed by atoms with Gasteiger partial charge in [-0.05, 0) is 37.1 Å². The Hall–Kier alpha value is -2.77. The SMILES string of the molecule is COc1ccc(OC(C)C(=O)OCC(=O)NC(=O)NCC(C)C)cc1. The lowest BCUT2D eigenvalue weighted by molar-refractivity contribution is -0.154. The fraction of sp³-hybridized carbons (Fsp3) is 0.471. The topological polar surface area (TPSA) is 103 Å². The van der Waals surface area contributed by atoms with Gasteiger partial charge in [-0.1, -0.05) is 13.8 Å². The first kappa shape index (κ1) is 20.3. The van der Waals surface area contributed by atoms with Crippen molar-refractivity contribution in [3.05, 3.63) is 24.3 Å². The Morgan fingerprint density at radius 3 is 2.20 bits per heavy atom. The van der Waals surface area contributed by atoms with Crippen LogP contribution in [0.25, 0.3) is 0 Å². The van der Waals surface area contributed by atoms with E-state index in [1.165, 1.54) is 6.92 Å². The number of carbonyl (C=O) groups is 3. The fourth-order valence-electron chi connectivity index (χ4n) is 1.66. The summed E-state index contributed by atoms with van der Waals surface area (Å²) in [6.45, 7) is 5.22. The van der Waals surface area contributed by atoms with Crippen molar-refractivity contribution in [3.63, 3.8) is 0 Å². The van der Waals surface area contributed by atoms with Crippen molar-refractivity contribution in [1.29, 1.82) is 0 Å². The molecule has 0 fully saturated rings. The lowest BCUT2D eigenvalue weighted by Crippen LogP contribution is -2.43. The molecule has 0 saturated carbocycles. The lowest BCUT2D eigenvalue weighted by Gasteiger charge is -2.14. The number of carbonyl (C=O) groups excluding carboxylic acids is 3. The third-order valence-corrected chi connectivity index (χ3v) is 2.97. The summed E-state index contributed by atoms with van der Waals surface area (Å²) in [6.07, 6.45) is -0.907. The second-order valence-electron chi connectivity index (χ2n) is 5.70. The van der Waals surface area contributed by atoms with Crippen LogP contribution < -0.4 is 20.1 Å². The van der Waals surface area contributed by atoms with Crippen LogP contribution in [-0.2, 0) is 14.3 Å². The van der Waals surface area contributed by atoms with Gasteiger partial charge < -0.3 is 19.5 Å². The van der Waals surface area contributed by atoms with Crippen molar-refractivity contribution >= 4 is 17.9 Å². The van der Waals surface area contributed by atoms with Gasteiger partial charge in [0.05, 0.1) is 7.11 Å². The van der Waals surface area contributed by atoms with E-state index in [9.17, 15) is 14.4 Å². The molecule has 138 valence electrons. The summed E-state index contributed by atoms with van der Waals surface area (Å²) in [7, 11) is 1.55. The molecule has 8 heteroatoms. The van der Waals surface area contributed by atoms with Crippen molar-refractivity contribution < 1.29 is 28.6 Å². The van der Waals surface area contributed by atoms with Gasteiger partial charge in [0.1, 0.15) is 11.5 Å². The third kappa shape index (κ3) is 8.05. The number of hydrogen-bond acceptors (Lipinski definition) is 6. The summed E-state index contributed by atoms with van der Waals surface area (Å²) >= 11 is 0. The number of methoxy groups -OCH3 is 1. The van der Waals surface area contributed by atoms with Crippen LogP contribution in [0.4, 0.5) is 4.79 Å². The van der Waals surface area contributed by atoms with Crippen molar-refractivity contribution in [1.82, 2.24) is 10.6 Å². The molecule has 1 atom stereocenters. The normalized spacial score (nSPS) is 11.4. The lowest BCUT2D eigenvalue weighted by atomic mass is 10.2. The van der Waals surface area contributed by atoms with Gasteiger partial charge in [-0.2, -0.15) is 0 Å². The molecule has 0 bridgehead atoms. The Balaban J connectivity index is 2.34. The van der Waals surface area contributed by atoms with E-state index in [1.54, 1.807) is 31.4 Å². The molecule has 3 amide bonds. The molecule has 0 aliphatic heterocycles. The average molecular weight is 352 g/mol. The Morgan fingerprint density at radius 1 is 1.04 bits per heavy atom. The molecular formula is C17H24N2O6. The van der Waals surface area contributed by atoms with Crippen LogP contribution in [0.15, 0.2) is 24.3 Å². The predicted molar refractivity (Wildman–Crippen MR) is 90.4 cm³/mol. The van der Waals surface area contributed by atoms with E-state index in [0.717, 1.165) is 0 Å². The highest BCUT2D eigenvalue weighted by atomic mass is 16.6. The van der Waals surface area contributed by atoms with Gasteiger partial charge in [0, 0.05) is 6.54 Å². The summed E-state index contributed by atoms with van der Waals surface area (Å²) in [5.41, 5.74) is 0. The van der Waals surface area contributed by atoms with Crippen molar-refractivity contribution in [2.75, 3.05) is 20.3 Å². The van der Waals surface area contributed by atoms with Crippen LogP contribution in [0, 0.1) is 5.92 Å². The minimum absolute atomic E-state index is 0.259. The van der Waals surface area contributed by atoms with E-state index < -0.39 is 30.6 Å². The smallest absolute Gasteiger partial charge is 0.347 e. The van der Waals surface area contributed by atoms with Crippen molar-refractivity contribution in [2.45, 2.75) is 26.9 Å². The van der Waals surface area contributed by atoms with Crippen LogP contribution in [-0.4, -0.2) is 44.3 Å². The molecular weight excluding hydrogens is 328 g/mol. The highest BCUT2D eigenvalue weighted by Gasteiger charge is 2.18. The quantitative estimate of drug-likeness (QED) is 0.687. The predicted octanol–water partition coefficient (Wildman–Crippen LogP) is 1.49. The van der Waals surface area contributed by atoms with Gasteiger partial charge in [0.2, 0.25) is 0 Å². The molecule has 25 heavy (non-hydrogen) atoms. The highest BCUT2D eigenvalue weighted by Crippen LogP contribution is 2.18. The number of imide groups is 1. The molecule has 0 radical (unpaired) electrons. The largest absolute Gasteiger partial charge is 0.497 e. The zero-order chi connectivity index (χ0) is 18.8. The fourth-order valence-corrected chi connectivity index (χ4v) is 1.66. The van der Waals surface area contributed by atoms with Crippen molar-refractivity contribution in [2.24, 2.45) is 5.92 Å². The standard InChI is InChI=1S/C17H24N2O6/c1-11(2)9-18-17(22)19-15(20)10-24-16(21)12(3)25-14-7-5-13(23-4)6-8-14/h5-8,11-12H,9-10H2,1-4H3,(H2,18,19,20,22). The first-order valence-electron chi connectivity index (χ1n) is 7.86. The molecule has 0 aliphatic carbocycles. The number of esters is 1. The van der Waals surface area contributed by atoms with E-state index in [1.807, 2.05) is 13.8 Å². The summed E-state index contributed by atoms with van der Waals surface area (Å²) in [5.74, 6) is -0.0489. The van der Waals surface area contributed by atoms with Gasteiger partial charge >= 0.3 is 12.0 Å². The summed E-state index contributed by atoms with van der Waals surface area (Å²) < 4.78 is 15.3. The van der Waals surface area contributed by atoms with Gasteiger partial charge in [0.25, 0.3) is 5.91 Å². The molecule has 2 N–H and O–H groups in total. The van der Waals surface area contributed by atoms with Crippen LogP contribution in [0.2, 0.25) is 0 Å². The summed E-state index contributed by atoms with van der Waals surface area (Å²) in [6, 6.07) is 6.05. The number of benzene rings is 1. The Labute approximate surface area is 146 Å². The van der Waals surface area contributed by atoms with E-state index in [-0.39, 0.29) is 5.92 Å². The maximum absolute atomic E-state index is 11.8. The monoisotopic (exact) mass is 352 g/mol. The Morgan fingerprint density at radius 2 is 1.64 bits per heavy atom. The molecule has 0 spiro atoms. The maximum atomic E-state index is 11.8. The van der Waals surface area contributed by atoms with Crippen molar-refractivity contribution in [3.8, 4) is 11.5 Å². The van der Waals surface area contributed by atoms with Crippen LogP contribution in [0.5, 0.6) is 11.5 Å². The number of ether oxygens (including phenoxy) is 3. The van der Waals surface area contributed by atoms with Crippen LogP contribution in [0.3, 0.4) is 0 Å². The van der Waals surface area contributed by atoms with E-state index in [0.29, 0.717) is 18.0 Å². The van der Waals surface area contributed by atoms with E-state index in [2.05, 4.69) is 10.6 Å². The van der Waals surface area contributed by atoms with Gasteiger partial charge in [0.15, 0.2) is 12.7 Å². The number of nitrogens with one attached hydrogen (secondary N) is 2. The van der Waals surface area contributed by atoms with E-state index >= 15 is 0 Å². The molecule has 1 rings (SSSR count). The van der Waals surface area contributed by atoms with E-state index in [4.69, 9.17) is 14.2 Å². The molecule has 0 heterocycles. The van der Waals surface area contributed by atoms with Crippen LogP contribution in [0.1, 0.15) is 20.8 Å². The molecule has 1 aromatic carbocycles. The molecule has 0 aromatic heterocycles. The Kier molecular flexibility index (Phi) is 8.25. The zero-order valence-electron chi connectivity index (χ0n) is 14.8. The molecule has 0 saturated heterocycles. The third-order valence-electron chi connectivity index (χ3n) is 2.97. The molecule has 0 aliphatic rings. The van der Waals surface area contributed by atoms with Gasteiger partial charge in [-0.15, -0.1) is 0 Å². The second kappa shape index (κ2) is 10.2. The average Bonchev–Trinajstić information content (AvgIpc) is 2.58. The Bertz CT molecular complexity index is 585. The summed E-state index contributed by atoms with van der Waals surface area (Å²) in [5, 5.41) is 4.59. The number of rotatable bonds is 8. The molecule has 1 unspecified atom stereocenters. The molecule has 8 nitrogen and oxygen atoms in total. The first-order chi connectivity index (χ1) is 11.8. The minimum Gasteiger partial charge on any atom is -0.497 e. The van der Waals surface area contributed by atoms with Gasteiger partial charge in [-0.25, -0.2) is 9.59 Å². The first-order valence-corrected chi connectivity index (χ1v) is 7.86. The minimum atomic E-state index is -0.907. The highest BCUT2D eigenvalue weighted by molar-refractivity contribution is 5.95. The molecule has 1 aromatic rings. The zero-order valence-corrected chi connectivity index (χ0v) is 14.8. The number of urea groups is 1. The number of amides is 3. The summed E-state index contributed by atoms with van der Waals surface area (Å²) in [4.78, 5) is 34.8. The maximum Gasteiger partial charge on any atom is 0.347 e. The van der Waals surface area contributed by atoms with Gasteiger partial charge in [-0.3, -0.25) is 10.1 Å². The second-order valence-corrected chi connectivity index (χ2v) is 5.70. The number of hydrogen-bond donors (Lipinski definition) is 2.